The van der Waals surface area contributed by atoms with E-state index in [1.54, 1.807) is 0 Å². The van der Waals surface area contributed by atoms with Crippen LogP contribution in [0.1, 0.15) is 61.8 Å². The topological polar surface area (TPSA) is 26.3 Å². The van der Waals surface area contributed by atoms with E-state index in [1.165, 1.54) is 6.04 Å². The van der Waals surface area contributed by atoms with E-state index >= 15 is 0 Å². The van der Waals surface area contributed by atoms with Gasteiger partial charge in [-0.15, -0.1) is 0 Å². The number of ether oxygens (including phenoxy) is 1. The summed E-state index contributed by atoms with van der Waals surface area (Å²) in [4.78, 5) is 11.7. The first kappa shape index (κ1) is 20.2. The van der Waals surface area contributed by atoms with Crippen LogP contribution in [0.5, 0.6) is 0 Å². The summed E-state index contributed by atoms with van der Waals surface area (Å²) in [6.07, 6.45) is 0.996. The molecule has 0 saturated heterocycles. The summed E-state index contributed by atoms with van der Waals surface area (Å²) in [7, 11) is -1.35. The van der Waals surface area contributed by atoms with Crippen molar-refractivity contribution in [3.63, 3.8) is 0 Å². The van der Waals surface area contributed by atoms with Crippen molar-refractivity contribution in [1.82, 2.24) is 0 Å². The van der Waals surface area contributed by atoms with Gasteiger partial charge in [-0.25, -0.2) is 0 Å². The zero-order valence-corrected chi connectivity index (χ0v) is 17.1. The van der Waals surface area contributed by atoms with Crippen LogP contribution in [-0.4, -0.2) is 25.0 Å². The lowest BCUT2D eigenvalue weighted by Gasteiger charge is -2.43. The maximum Gasteiger partial charge on any atom is 0.322 e. The van der Waals surface area contributed by atoms with Crippen LogP contribution < -0.4 is 0 Å². The molecule has 0 rings (SSSR count). The second-order valence-electron chi connectivity index (χ2n) is 7.29. The molecular weight excluding hydrogens is 332 g/mol. The fraction of sp³-hybridized carbons (Fsp3) is 0.938. The molecule has 0 aliphatic carbocycles. The van der Waals surface area contributed by atoms with Crippen LogP contribution in [0.2, 0.25) is 22.7 Å². The van der Waals surface area contributed by atoms with Gasteiger partial charge in [-0.1, -0.05) is 80.1 Å². The van der Waals surface area contributed by atoms with Gasteiger partial charge in [0.1, 0.15) is 4.32 Å². The summed E-state index contributed by atoms with van der Waals surface area (Å²) in [5.74, 6) is -0.164. The maximum atomic E-state index is 11.7. The second kappa shape index (κ2) is 7.97. The van der Waals surface area contributed by atoms with Crippen molar-refractivity contribution < 1.29 is 9.53 Å². The van der Waals surface area contributed by atoms with E-state index in [9.17, 15) is 4.79 Å². The molecule has 0 heterocycles. The number of carbonyl (C=O) groups excluding carboxylic acids is 1. The van der Waals surface area contributed by atoms with Gasteiger partial charge < -0.3 is 4.74 Å². The van der Waals surface area contributed by atoms with Crippen LogP contribution in [0.25, 0.3) is 0 Å². The first-order chi connectivity index (χ1) is 8.96. The maximum absolute atomic E-state index is 11.7. The standard InChI is InChI=1S/C16H33BrO2Si/c1-12(2)20(13(3)4,14(5)6)11-9-10-19-15(18)16(7,8)17/h12-14H,9-11H2,1-8H3. The monoisotopic (exact) mass is 364 g/mol. The Kier molecular flexibility index (Phi) is 8.04. The first-order valence-electron chi connectivity index (χ1n) is 7.82. The highest BCUT2D eigenvalue weighted by molar-refractivity contribution is 9.10. The van der Waals surface area contributed by atoms with Crippen LogP contribution in [0.4, 0.5) is 0 Å². The minimum Gasteiger partial charge on any atom is -0.465 e. The fourth-order valence-corrected chi connectivity index (χ4v) is 10.2. The molecule has 0 saturated carbocycles. The molecule has 20 heavy (non-hydrogen) atoms. The first-order valence-corrected chi connectivity index (χ1v) is 11.1. The van der Waals surface area contributed by atoms with Gasteiger partial charge in [-0.2, -0.15) is 0 Å². The highest BCUT2D eigenvalue weighted by Crippen LogP contribution is 2.45. The molecule has 0 spiro atoms. The molecule has 0 amide bonds. The van der Waals surface area contributed by atoms with E-state index in [2.05, 4.69) is 57.5 Å². The van der Waals surface area contributed by atoms with Crippen molar-refractivity contribution in [2.24, 2.45) is 0 Å². The van der Waals surface area contributed by atoms with Crippen LogP contribution >= 0.6 is 15.9 Å². The number of rotatable bonds is 8. The van der Waals surface area contributed by atoms with Crippen LogP contribution in [0, 0.1) is 0 Å². The van der Waals surface area contributed by atoms with Crippen LogP contribution in [-0.2, 0) is 9.53 Å². The molecule has 0 radical (unpaired) electrons. The lowest BCUT2D eigenvalue weighted by Crippen LogP contribution is -2.44. The molecule has 0 aliphatic rings. The quantitative estimate of drug-likeness (QED) is 0.236. The zero-order valence-electron chi connectivity index (χ0n) is 14.5. The number of hydrogen-bond acceptors (Lipinski definition) is 2. The van der Waals surface area contributed by atoms with Gasteiger partial charge in [0.15, 0.2) is 0 Å². The van der Waals surface area contributed by atoms with E-state index in [1.807, 2.05) is 13.8 Å². The van der Waals surface area contributed by atoms with Gasteiger partial charge >= 0.3 is 5.97 Å². The van der Waals surface area contributed by atoms with Crippen LogP contribution in [0.15, 0.2) is 0 Å². The molecule has 0 bridgehead atoms. The Morgan fingerprint density at radius 3 is 1.75 bits per heavy atom. The minimum absolute atomic E-state index is 0.164. The number of carbonyl (C=O) groups is 1. The zero-order chi connectivity index (χ0) is 16.1. The Bertz CT molecular complexity index is 284. The molecule has 0 unspecified atom stereocenters. The summed E-state index contributed by atoms with van der Waals surface area (Å²) in [6, 6.07) is 1.25. The normalized spacial score (nSPS) is 13.4. The van der Waals surface area contributed by atoms with Crippen LogP contribution in [0.3, 0.4) is 0 Å². The molecule has 0 atom stereocenters. The molecule has 0 aromatic heterocycles. The Balaban J connectivity index is 4.55. The number of alkyl halides is 1. The molecule has 120 valence electrons. The SMILES string of the molecule is CC(C)[Si](CCCOC(=O)C(C)(C)Br)(C(C)C)C(C)C. The second-order valence-corrected chi connectivity index (χ2v) is 15.5. The van der Waals surface area contributed by atoms with Gasteiger partial charge in [0, 0.05) is 0 Å². The van der Waals surface area contributed by atoms with Crippen molar-refractivity contribution in [2.45, 2.75) is 88.8 Å². The Morgan fingerprint density at radius 1 is 1.05 bits per heavy atom. The van der Waals surface area contributed by atoms with Gasteiger partial charge in [-0.3, -0.25) is 4.79 Å². The third-order valence-electron chi connectivity index (χ3n) is 4.70. The van der Waals surface area contributed by atoms with E-state index in [0.717, 1.165) is 23.0 Å². The largest absolute Gasteiger partial charge is 0.465 e. The molecule has 0 aromatic carbocycles. The fourth-order valence-electron chi connectivity index (χ4n) is 3.58. The van der Waals surface area contributed by atoms with Crippen molar-refractivity contribution in [1.29, 1.82) is 0 Å². The lowest BCUT2D eigenvalue weighted by atomic mass is 10.2. The Hall–Kier alpha value is 0.167. The predicted octanol–water partition coefficient (Wildman–Crippen LogP) is 5.77. The smallest absolute Gasteiger partial charge is 0.322 e. The molecule has 4 heteroatoms. The van der Waals surface area contributed by atoms with Gasteiger partial charge in [0.05, 0.1) is 14.7 Å². The van der Waals surface area contributed by atoms with Gasteiger partial charge in [-0.05, 0) is 20.3 Å². The summed E-state index contributed by atoms with van der Waals surface area (Å²) in [5, 5.41) is 0. The van der Waals surface area contributed by atoms with Crippen molar-refractivity contribution in [2.75, 3.05) is 6.61 Å². The van der Waals surface area contributed by atoms with Crippen molar-refractivity contribution in [3.05, 3.63) is 0 Å². The highest BCUT2D eigenvalue weighted by Gasteiger charge is 2.41. The molecule has 0 N–H and O–H groups in total. The lowest BCUT2D eigenvalue weighted by molar-refractivity contribution is -0.145. The molecular formula is C16H33BrO2Si. The van der Waals surface area contributed by atoms with Crippen molar-refractivity contribution >= 4 is 30.0 Å². The number of halogens is 1. The summed E-state index contributed by atoms with van der Waals surface area (Å²) in [5.41, 5.74) is 2.31. The Labute approximate surface area is 135 Å². The molecule has 0 fully saturated rings. The third kappa shape index (κ3) is 5.17. The molecule has 0 aliphatic heterocycles. The van der Waals surface area contributed by atoms with E-state index in [0.29, 0.717) is 6.61 Å². The van der Waals surface area contributed by atoms with E-state index < -0.39 is 12.4 Å². The highest BCUT2D eigenvalue weighted by atomic mass is 79.9. The Morgan fingerprint density at radius 2 is 1.45 bits per heavy atom. The number of esters is 1. The summed E-state index contributed by atoms with van der Waals surface area (Å²) in [6.45, 7) is 18.4. The van der Waals surface area contributed by atoms with Gasteiger partial charge in [0.2, 0.25) is 0 Å². The van der Waals surface area contributed by atoms with E-state index in [4.69, 9.17) is 4.74 Å². The van der Waals surface area contributed by atoms with Crippen molar-refractivity contribution in [3.8, 4) is 0 Å². The minimum atomic E-state index is -1.35. The van der Waals surface area contributed by atoms with E-state index in [-0.39, 0.29) is 5.97 Å². The third-order valence-corrected chi connectivity index (χ3v) is 12.7. The average molecular weight is 365 g/mol. The molecule has 0 aromatic rings. The summed E-state index contributed by atoms with van der Waals surface area (Å²) < 4.78 is 4.80. The average Bonchev–Trinajstić information content (AvgIpc) is 2.25. The molecule has 2 nitrogen and oxygen atoms in total. The number of hydrogen-bond donors (Lipinski definition) is 0. The summed E-state index contributed by atoms with van der Waals surface area (Å²) >= 11 is 3.34. The van der Waals surface area contributed by atoms with Gasteiger partial charge in [0.25, 0.3) is 0 Å². The predicted molar refractivity (Wildman–Crippen MR) is 94.4 cm³/mol.